The van der Waals surface area contributed by atoms with Gasteiger partial charge in [0.1, 0.15) is 0 Å². The molecule has 0 bridgehead atoms. The number of nitrogens with one attached hydrogen (secondary N) is 1. The van der Waals surface area contributed by atoms with Crippen molar-refractivity contribution in [3.63, 3.8) is 0 Å². The van der Waals surface area contributed by atoms with E-state index in [-0.39, 0.29) is 0 Å². The van der Waals surface area contributed by atoms with Crippen molar-refractivity contribution < 1.29 is 27.6 Å². The van der Waals surface area contributed by atoms with Crippen molar-refractivity contribution in [3.05, 3.63) is 17.1 Å². The molecule has 0 radical (unpaired) electrons. The average molecular weight is 266 g/mol. The highest BCUT2D eigenvalue weighted by Crippen LogP contribution is 2.26. The first kappa shape index (κ1) is 15.9. The normalized spacial score (nSPS) is 12.4. The van der Waals surface area contributed by atoms with Crippen LogP contribution in [0.15, 0.2) is 17.3 Å². The van der Waals surface area contributed by atoms with Crippen LogP contribution in [0.2, 0.25) is 0 Å². The molecule has 1 atom stereocenters. The fourth-order valence-electron chi connectivity index (χ4n) is 1.05. The zero-order chi connectivity index (χ0) is 14.5. The molecule has 2 amide bonds. The summed E-state index contributed by atoms with van der Waals surface area (Å²) in [4.78, 5) is 42.8. The Balaban J connectivity index is 5.15. The van der Waals surface area contributed by atoms with Crippen molar-refractivity contribution in [1.29, 1.82) is 0 Å². The van der Waals surface area contributed by atoms with Gasteiger partial charge < -0.3 is 5.32 Å². The smallest absolute Gasteiger partial charge is 0.359 e. The van der Waals surface area contributed by atoms with Gasteiger partial charge in [-0.3, -0.25) is 14.4 Å². The first-order chi connectivity index (χ1) is 8.15. The van der Waals surface area contributed by atoms with Crippen LogP contribution in [-0.4, -0.2) is 30.8 Å². The van der Waals surface area contributed by atoms with Gasteiger partial charge >= 0.3 is 6.18 Å². The minimum Gasteiger partial charge on any atom is -0.359 e. The lowest BCUT2D eigenvalue weighted by Gasteiger charge is -2.14. The predicted octanol–water partition coefficient (Wildman–Crippen LogP) is 0.719. The molecule has 0 heterocycles. The maximum absolute atomic E-state index is 12.1. The summed E-state index contributed by atoms with van der Waals surface area (Å²) in [6.45, 7) is 2.81. The van der Waals surface area contributed by atoms with Gasteiger partial charge in [0, 0.05) is 24.2 Å². The topological polar surface area (TPSA) is 92.7 Å². The van der Waals surface area contributed by atoms with Crippen molar-refractivity contribution in [2.75, 3.05) is 7.05 Å². The molecule has 0 rings (SSSR count). The summed E-state index contributed by atoms with van der Waals surface area (Å²) in [5.74, 6) is -6.65. The second kappa shape index (κ2) is 6.03. The molecule has 0 aliphatic heterocycles. The van der Waals surface area contributed by atoms with Crippen molar-refractivity contribution in [3.8, 4) is 0 Å². The largest absolute Gasteiger partial charge is 0.454 e. The Morgan fingerprint density at radius 1 is 1.33 bits per heavy atom. The Bertz CT molecular complexity index is 403. The fourth-order valence-corrected chi connectivity index (χ4v) is 1.05. The number of nitrogens with zero attached hydrogens (tertiary/aromatic N) is 1. The van der Waals surface area contributed by atoms with Gasteiger partial charge in [-0.2, -0.15) is 13.2 Å². The number of nitroso groups, excluding NO2 is 1. The summed E-state index contributed by atoms with van der Waals surface area (Å²) < 4.78 is 36.3. The Kier molecular flexibility index (Phi) is 5.34. The maximum Gasteiger partial charge on any atom is 0.454 e. The van der Waals surface area contributed by atoms with Gasteiger partial charge in [0.05, 0.1) is 5.92 Å². The second-order valence-electron chi connectivity index (χ2n) is 3.21. The standard InChI is InChI=1S/C9H9F3N2O4/c1-4(7(16)9(10,11)12)5(8(17)14-18)3-6(15)13-2/h5H,1,3H2,2H3,(H,13,15). The van der Waals surface area contributed by atoms with Crippen LogP contribution >= 0.6 is 0 Å². The molecule has 0 fully saturated rings. The van der Waals surface area contributed by atoms with Gasteiger partial charge in [0.2, 0.25) is 5.91 Å². The third-order valence-corrected chi connectivity index (χ3v) is 2.03. The number of carbonyl (C=O) groups excluding carboxylic acids is 3. The molecule has 0 aromatic heterocycles. The molecule has 0 saturated carbocycles. The molecule has 18 heavy (non-hydrogen) atoms. The summed E-state index contributed by atoms with van der Waals surface area (Å²) >= 11 is 0. The first-order valence-electron chi connectivity index (χ1n) is 4.53. The highest BCUT2D eigenvalue weighted by molar-refractivity contribution is 6.05. The van der Waals surface area contributed by atoms with Crippen LogP contribution < -0.4 is 5.32 Å². The van der Waals surface area contributed by atoms with Crippen LogP contribution in [-0.2, 0) is 14.4 Å². The van der Waals surface area contributed by atoms with E-state index >= 15 is 0 Å². The zero-order valence-corrected chi connectivity index (χ0v) is 9.21. The van der Waals surface area contributed by atoms with Crippen LogP contribution in [0.4, 0.5) is 13.2 Å². The lowest BCUT2D eigenvalue weighted by molar-refractivity contribution is -0.167. The Morgan fingerprint density at radius 2 is 1.83 bits per heavy atom. The van der Waals surface area contributed by atoms with E-state index in [9.17, 15) is 32.5 Å². The summed E-state index contributed by atoms with van der Waals surface area (Å²) in [7, 11) is 1.17. The number of ketones is 1. The second-order valence-corrected chi connectivity index (χ2v) is 3.21. The molecular formula is C9H9F3N2O4. The first-order valence-corrected chi connectivity index (χ1v) is 4.53. The van der Waals surface area contributed by atoms with Crippen molar-refractivity contribution >= 4 is 17.6 Å². The average Bonchev–Trinajstić information content (AvgIpc) is 2.31. The number of hydrogen-bond donors (Lipinski definition) is 1. The Labute approximate surface area is 99.2 Å². The van der Waals surface area contributed by atoms with E-state index in [0.29, 0.717) is 0 Å². The van der Waals surface area contributed by atoms with Crippen LogP contribution in [0.5, 0.6) is 0 Å². The van der Waals surface area contributed by atoms with Crippen molar-refractivity contribution in [2.45, 2.75) is 12.6 Å². The molecule has 6 nitrogen and oxygen atoms in total. The van der Waals surface area contributed by atoms with Gasteiger partial charge in [-0.15, -0.1) is 4.91 Å². The molecule has 0 spiro atoms. The number of Topliss-reactive ketones (excluding diaryl/α,β-unsaturated/α-hetero) is 1. The number of hydrogen-bond acceptors (Lipinski definition) is 4. The molecule has 0 aromatic carbocycles. The number of halogens is 3. The highest BCUT2D eigenvalue weighted by Gasteiger charge is 2.44. The summed E-state index contributed by atoms with van der Waals surface area (Å²) in [6.07, 6.45) is -6.04. The predicted molar refractivity (Wildman–Crippen MR) is 53.2 cm³/mol. The molecule has 0 aliphatic carbocycles. The molecule has 0 aliphatic rings. The molecule has 0 saturated heterocycles. The number of carbonyl (C=O) groups is 3. The lowest BCUT2D eigenvalue weighted by atomic mass is 9.92. The third-order valence-electron chi connectivity index (χ3n) is 2.03. The summed E-state index contributed by atoms with van der Waals surface area (Å²) in [5.41, 5.74) is -1.18. The van der Waals surface area contributed by atoms with Gasteiger partial charge in [0.25, 0.3) is 11.7 Å². The van der Waals surface area contributed by atoms with E-state index in [1.807, 2.05) is 10.5 Å². The quantitative estimate of drug-likeness (QED) is 0.586. The zero-order valence-electron chi connectivity index (χ0n) is 9.21. The molecule has 9 heteroatoms. The van der Waals surface area contributed by atoms with E-state index in [0.717, 1.165) is 0 Å². The lowest BCUT2D eigenvalue weighted by Crippen LogP contribution is -2.33. The van der Waals surface area contributed by atoms with Gasteiger partial charge in [-0.05, 0) is 0 Å². The summed E-state index contributed by atoms with van der Waals surface area (Å²) in [6, 6.07) is 0. The minimum absolute atomic E-state index is 0.804. The van der Waals surface area contributed by atoms with Gasteiger partial charge in [-0.25, -0.2) is 0 Å². The van der Waals surface area contributed by atoms with Crippen molar-refractivity contribution in [1.82, 2.24) is 5.32 Å². The molecule has 100 valence electrons. The van der Waals surface area contributed by atoms with Gasteiger partial charge in [-0.1, -0.05) is 6.58 Å². The molecular weight excluding hydrogens is 257 g/mol. The van der Waals surface area contributed by atoms with E-state index < -0.39 is 41.7 Å². The van der Waals surface area contributed by atoms with Crippen LogP contribution in [0.3, 0.4) is 0 Å². The maximum atomic E-state index is 12.1. The van der Waals surface area contributed by atoms with Gasteiger partial charge in [0.15, 0.2) is 0 Å². The summed E-state index contributed by atoms with van der Waals surface area (Å²) in [5, 5.41) is 3.95. The third kappa shape index (κ3) is 4.07. The van der Waals surface area contributed by atoms with E-state index in [1.165, 1.54) is 7.05 Å². The van der Waals surface area contributed by atoms with Crippen LogP contribution in [0, 0.1) is 10.8 Å². The van der Waals surface area contributed by atoms with Crippen LogP contribution in [0.1, 0.15) is 6.42 Å². The monoisotopic (exact) mass is 266 g/mol. The van der Waals surface area contributed by atoms with E-state index in [4.69, 9.17) is 0 Å². The molecule has 0 aromatic rings. The van der Waals surface area contributed by atoms with Crippen molar-refractivity contribution in [2.24, 2.45) is 11.1 Å². The number of alkyl halides is 3. The van der Waals surface area contributed by atoms with E-state index in [2.05, 4.69) is 6.58 Å². The fraction of sp³-hybridized carbons (Fsp3) is 0.444. The molecule has 1 N–H and O–H groups in total. The SMILES string of the molecule is C=C(C(=O)C(F)(F)F)C(CC(=O)NC)C(=O)N=O. The highest BCUT2D eigenvalue weighted by atomic mass is 19.4. The van der Waals surface area contributed by atoms with E-state index in [1.54, 1.807) is 0 Å². The van der Waals surface area contributed by atoms with Crippen LogP contribution in [0.25, 0.3) is 0 Å². The Hall–Kier alpha value is -2.06. The minimum atomic E-state index is -5.23. The number of amides is 2. The number of rotatable bonds is 5. The Morgan fingerprint density at radius 3 is 2.17 bits per heavy atom. The molecule has 1 unspecified atom stereocenters.